The van der Waals surface area contributed by atoms with Crippen molar-refractivity contribution in [1.29, 1.82) is 0 Å². The Morgan fingerprint density at radius 3 is 2.55 bits per heavy atom. The fourth-order valence-corrected chi connectivity index (χ4v) is 2.03. The predicted molar refractivity (Wildman–Crippen MR) is 83.1 cm³/mol. The number of nitrogens with two attached hydrogens (primary N) is 1. The molecule has 0 amide bonds. The second-order valence-electron chi connectivity index (χ2n) is 4.04. The average molecular weight is 330 g/mol. The van der Waals surface area contributed by atoms with Crippen LogP contribution < -0.4 is 10.5 Å². The Bertz CT molecular complexity index is 664. The summed E-state index contributed by atoms with van der Waals surface area (Å²) in [7, 11) is 0. The first kappa shape index (κ1) is 15.0. The van der Waals surface area contributed by atoms with Gasteiger partial charge in [0.2, 0.25) is 0 Å². The lowest BCUT2D eigenvalue weighted by molar-refractivity contribution is 0.306. The minimum Gasteiger partial charge on any atom is -0.489 e. The molecule has 2 aromatic rings. The number of thiocarbonyl (C=S) groups is 1. The number of halogens is 3. The maximum atomic E-state index is 13.4. The van der Waals surface area contributed by atoms with Gasteiger partial charge in [-0.25, -0.2) is 4.39 Å². The van der Waals surface area contributed by atoms with Gasteiger partial charge in [-0.2, -0.15) is 0 Å². The van der Waals surface area contributed by atoms with E-state index in [4.69, 9.17) is 45.9 Å². The quantitative estimate of drug-likeness (QED) is 0.847. The van der Waals surface area contributed by atoms with Gasteiger partial charge in [-0.05, 0) is 29.8 Å². The molecule has 0 atom stereocenters. The minimum absolute atomic E-state index is 0.0129. The third-order valence-electron chi connectivity index (χ3n) is 2.59. The van der Waals surface area contributed by atoms with E-state index in [1.54, 1.807) is 30.3 Å². The van der Waals surface area contributed by atoms with Crippen LogP contribution in [0.3, 0.4) is 0 Å². The van der Waals surface area contributed by atoms with Gasteiger partial charge in [0.05, 0.1) is 10.0 Å². The Kier molecular flexibility index (Phi) is 4.81. The normalized spacial score (nSPS) is 10.3. The molecule has 0 aliphatic rings. The topological polar surface area (TPSA) is 35.2 Å². The van der Waals surface area contributed by atoms with E-state index in [1.165, 1.54) is 6.07 Å². The summed E-state index contributed by atoms with van der Waals surface area (Å²) < 4.78 is 19.0. The van der Waals surface area contributed by atoms with Gasteiger partial charge in [0.15, 0.2) is 0 Å². The van der Waals surface area contributed by atoms with Crippen molar-refractivity contribution in [2.45, 2.75) is 6.61 Å². The lowest BCUT2D eigenvalue weighted by Gasteiger charge is -2.09. The maximum Gasteiger partial charge on any atom is 0.133 e. The third-order valence-corrected chi connectivity index (χ3v) is 3.55. The molecule has 2 rings (SSSR count). The summed E-state index contributed by atoms with van der Waals surface area (Å²) in [5, 5.41) is 0.865. The molecule has 2 N–H and O–H groups in total. The van der Waals surface area contributed by atoms with Crippen LogP contribution in [0.25, 0.3) is 0 Å². The lowest BCUT2D eigenvalue weighted by atomic mass is 10.1. The molecule has 0 fully saturated rings. The molecule has 0 heterocycles. The lowest BCUT2D eigenvalue weighted by Crippen LogP contribution is -2.12. The van der Waals surface area contributed by atoms with Gasteiger partial charge in [-0.1, -0.05) is 41.5 Å². The van der Waals surface area contributed by atoms with Crippen molar-refractivity contribution in [3.63, 3.8) is 0 Å². The van der Waals surface area contributed by atoms with Crippen LogP contribution in [0.2, 0.25) is 10.0 Å². The first-order chi connectivity index (χ1) is 9.47. The standard InChI is InChI=1S/C14H10Cl2FNOS/c15-11-3-2-9(6-12(11)16)19-7-8-1-4-13(17)10(5-8)14(18)20/h1-6H,7H2,(H2,18,20). The summed E-state index contributed by atoms with van der Waals surface area (Å²) in [6.45, 7) is 0.244. The molecule has 0 bridgehead atoms. The largest absolute Gasteiger partial charge is 0.489 e. The monoisotopic (exact) mass is 329 g/mol. The molecule has 6 heteroatoms. The molecule has 20 heavy (non-hydrogen) atoms. The maximum absolute atomic E-state index is 13.4. The van der Waals surface area contributed by atoms with Gasteiger partial charge in [-0.15, -0.1) is 0 Å². The van der Waals surface area contributed by atoms with Crippen LogP contribution in [0, 0.1) is 5.82 Å². The Hall–Kier alpha value is -1.36. The molecule has 0 saturated carbocycles. The van der Waals surface area contributed by atoms with E-state index in [1.807, 2.05) is 0 Å². The second-order valence-corrected chi connectivity index (χ2v) is 5.30. The molecule has 0 spiro atoms. The predicted octanol–water partition coefficient (Wildman–Crippen LogP) is 4.35. The van der Waals surface area contributed by atoms with Crippen molar-refractivity contribution in [2.24, 2.45) is 5.73 Å². The fourth-order valence-electron chi connectivity index (χ4n) is 1.58. The first-order valence-corrected chi connectivity index (χ1v) is 6.80. The van der Waals surface area contributed by atoms with Crippen LogP contribution in [0.5, 0.6) is 5.75 Å². The molecule has 0 radical (unpaired) electrons. The fraction of sp³-hybridized carbons (Fsp3) is 0.0714. The first-order valence-electron chi connectivity index (χ1n) is 5.63. The van der Waals surface area contributed by atoms with Crippen molar-refractivity contribution < 1.29 is 9.13 Å². The number of benzene rings is 2. The highest BCUT2D eigenvalue weighted by atomic mass is 35.5. The third kappa shape index (κ3) is 3.60. The van der Waals surface area contributed by atoms with Gasteiger partial charge in [0.25, 0.3) is 0 Å². The van der Waals surface area contributed by atoms with E-state index < -0.39 is 5.82 Å². The van der Waals surface area contributed by atoms with Crippen molar-refractivity contribution in [1.82, 2.24) is 0 Å². The van der Waals surface area contributed by atoms with E-state index in [-0.39, 0.29) is 17.2 Å². The zero-order valence-corrected chi connectivity index (χ0v) is 12.5. The highest BCUT2D eigenvalue weighted by Gasteiger charge is 2.07. The SMILES string of the molecule is NC(=S)c1cc(COc2ccc(Cl)c(Cl)c2)ccc1F. The van der Waals surface area contributed by atoms with Crippen LogP contribution in [0.15, 0.2) is 36.4 Å². The Labute approximate surface area is 131 Å². The molecule has 0 aliphatic carbocycles. The van der Waals surface area contributed by atoms with Gasteiger partial charge in [0, 0.05) is 11.6 Å². The molecule has 2 aromatic carbocycles. The molecule has 0 saturated heterocycles. The minimum atomic E-state index is -0.448. The van der Waals surface area contributed by atoms with Gasteiger partial charge < -0.3 is 10.5 Å². The van der Waals surface area contributed by atoms with Gasteiger partial charge in [-0.3, -0.25) is 0 Å². The number of rotatable bonds is 4. The summed E-state index contributed by atoms with van der Waals surface area (Å²) in [4.78, 5) is 0.0129. The zero-order valence-electron chi connectivity index (χ0n) is 10.2. The molecular formula is C14H10Cl2FNOS. The highest BCUT2D eigenvalue weighted by molar-refractivity contribution is 7.80. The van der Waals surface area contributed by atoms with Crippen LogP contribution in [0.4, 0.5) is 4.39 Å². The van der Waals surface area contributed by atoms with Crippen LogP contribution in [-0.2, 0) is 6.61 Å². The second kappa shape index (κ2) is 6.39. The van der Waals surface area contributed by atoms with Crippen molar-refractivity contribution in [2.75, 3.05) is 0 Å². The summed E-state index contributed by atoms with van der Waals surface area (Å²) in [5.41, 5.74) is 6.40. The van der Waals surface area contributed by atoms with E-state index in [0.717, 1.165) is 5.56 Å². The van der Waals surface area contributed by atoms with Crippen LogP contribution >= 0.6 is 35.4 Å². The Balaban J connectivity index is 2.12. The highest BCUT2D eigenvalue weighted by Crippen LogP contribution is 2.26. The molecule has 104 valence electrons. The van der Waals surface area contributed by atoms with Gasteiger partial charge >= 0.3 is 0 Å². The van der Waals surface area contributed by atoms with Crippen molar-refractivity contribution in [3.8, 4) is 5.75 Å². The van der Waals surface area contributed by atoms with E-state index in [2.05, 4.69) is 0 Å². The molecule has 0 aliphatic heterocycles. The van der Waals surface area contributed by atoms with E-state index >= 15 is 0 Å². The molecule has 0 aromatic heterocycles. The molecular weight excluding hydrogens is 320 g/mol. The van der Waals surface area contributed by atoms with E-state index in [9.17, 15) is 4.39 Å². The average Bonchev–Trinajstić information content (AvgIpc) is 2.41. The smallest absolute Gasteiger partial charge is 0.133 e. The van der Waals surface area contributed by atoms with Crippen molar-refractivity contribution >= 4 is 40.4 Å². The molecule has 2 nitrogen and oxygen atoms in total. The molecule has 0 unspecified atom stereocenters. The number of ether oxygens (including phenoxy) is 1. The van der Waals surface area contributed by atoms with Crippen LogP contribution in [0.1, 0.15) is 11.1 Å². The Morgan fingerprint density at radius 2 is 1.90 bits per heavy atom. The summed E-state index contributed by atoms with van der Waals surface area (Å²) in [6.07, 6.45) is 0. The Morgan fingerprint density at radius 1 is 1.15 bits per heavy atom. The zero-order chi connectivity index (χ0) is 14.7. The summed E-state index contributed by atoms with van der Waals surface area (Å²) in [5.74, 6) is 0.122. The van der Waals surface area contributed by atoms with Crippen LogP contribution in [-0.4, -0.2) is 4.99 Å². The van der Waals surface area contributed by atoms with E-state index in [0.29, 0.717) is 15.8 Å². The number of hydrogen-bond acceptors (Lipinski definition) is 2. The summed E-state index contributed by atoms with van der Waals surface area (Å²) in [6, 6.07) is 9.43. The van der Waals surface area contributed by atoms with Crippen molar-refractivity contribution in [3.05, 3.63) is 63.4 Å². The summed E-state index contributed by atoms with van der Waals surface area (Å²) >= 11 is 16.5. The van der Waals surface area contributed by atoms with Gasteiger partial charge in [0.1, 0.15) is 23.2 Å². The number of hydrogen-bond donors (Lipinski definition) is 1.